The number of rotatable bonds is 3. The van der Waals surface area contributed by atoms with Crippen LogP contribution in [0, 0.1) is 12.0 Å². The first kappa shape index (κ1) is 9.81. The fourth-order valence-corrected chi connectivity index (χ4v) is 1.52. The fourth-order valence-electron chi connectivity index (χ4n) is 1.40. The highest BCUT2D eigenvalue weighted by atomic mass is 35.5. The molecule has 75 valence electrons. The summed E-state index contributed by atoms with van der Waals surface area (Å²) in [6.07, 6.45) is 1.09. The zero-order valence-electron chi connectivity index (χ0n) is 7.83. The van der Waals surface area contributed by atoms with Gasteiger partial charge in [-0.1, -0.05) is 11.6 Å². The molecule has 0 N–H and O–H groups in total. The SMILES string of the molecule is Clc1c[c]c(OCC2CCOC2)cc1. The molecule has 1 aliphatic rings. The second-order valence-electron chi connectivity index (χ2n) is 3.41. The van der Waals surface area contributed by atoms with E-state index in [1.807, 2.05) is 6.07 Å². The Morgan fingerprint density at radius 2 is 2.50 bits per heavy atom. The van der Waals surface area contributed by atoms with E-state index in [-0.39, 0.29) is 0 Å². The van der Waals surface area contributed by atoms with E-state index in [2.05, 4.69) is 6.07 Å². The van der Waals surface area contributed by atoms with Crippen LogP contribution in [0.2, 0.25) is 5.02 Å². The highest BCUT2D eigenvalue weighted by Gasteiger charge is 2.15. The number of ether oxygens (including phenoxy) is 2. The molecule has 1 atom stereocenters. The third-order valence-corrected chi connectivity index (χ3v) is 2.48. The Morgan fingerprint density at radius 3 is 3.14 bits per heavy atom. The van der Waals surface area contributed by atoms with Crippen molar-refractivity contribution in [2.75, 3.05) is 19.8 Å². The molecule has 3 heteroatoms. The van der Waals surface area contributed by atoms with Gasteiger partial charge in [0.2, 0.25) is 0 Å². The van der Waals surface area contributed by atoms with Crippen LogP contribution in [-0.2, 0) is 4.74 Å². The Kier molecular flexibility index (Phi) is 3.27. The molecule has 1 radical (unpaired) electrons. The fraction of sp³-hybridized carbons (Fsp3) is 0.455. The van der Waals surface area contributed by atoms with E-state index >= 15 is 0 Å². The summed E-state index contributed by atoms with van der Waals surface area (Å²) in [5.74, 6) is 1.28. The van der Waals surface area contributed by atoms with Crippen LogP contribution in [0.4, 0.5) is 0 Å². The lowest BCUT2D eigenvalue weighted by atomic mass is 10.1. The quantitative estimate of drug-likeness (QED) is 0.765. The van der Waals surface area contributed by atoms with Gasteiger partial charge in [0, 0.05) is 23.6 Å². The lowest BCUT2D eigenvalue weighted by Crippen LogP contribution is -2.11. The first-order valence-corrected chi connectivity index (χ1v) is 5.10. The molecule has 1 aliphatic heterocycles. The van der Waals surface area contributed by atoms with Gasteiger partial charge in [-0.3, -0.25) is 0 Å². The van der Waals surface area contributed by atoms with Crippen LogP contribution in [0.1, 0.15) is 6.42 Å². The standard InChI is InChI=1S/C11H12ClO2/c12-10-1-3-11(4-2-10)14-8-9-5-6-13-7-9/h1-3,9H,5-8H2. The van der Waals surface area contributed by atoms with Crippen molar-refractivity contribution in [2.45, 2.75) is 6.42 Å². The van der Waals surface area contributed by atoms with Gasteiger partial charge in [0.25, 0.3) is 0 Å². The van der Waals surface area contributed by atoms with Gasteiger partial charge in [-0.05, 0) is 24.6 Å². The average Bonchev–Trinajstić information content (AvgIpc) is 2.70. The molecule has 14 heavy (non-hydrogen) atoms. The first-order chi connectivity index (χ1) is 6.84. The van der Waals surface area contributed by atoms with Crippen molar-refractivity contribution in [1.82, 2.24) is 0 Å². The van der Waals surface area contributed by atoms with Crippen LogP contribution < -0.4 is 4.74 Å². The van der Waals surface area contributed by atoms with Crippen LogP contribution in [-0.4, -0.2) is 19.8 Å². The molecule has 1 aromatic rings. The summed E-state index contributed by atoms with van der Waals surface area (Å²) < 4.78 is 10.8. The van der Waals surface area contributed by atoms with E-state index < -0.39 is 0 Å². The van der Waals surface area contributed by atoms with Gasteiger partial charge in [-0.2, -0.15) is 0 Å². The Bertz CT molecular complexity index is 278. The minimum absolute atomic E-state index is 0.527. The van der Waals surface area contributed by atoms with Crippen LogP contribution in [0.3, 0.4) is 0 Å². The lowest BCUT2D eigenvalue weighted by molar-refractivity contribution is 0.167. The molecular weight excluding hydrogens is 200 g/mol. The van der Waals surface area contributed by atoms with Crippen molar-refractivity contribution >= 4 is 11.6 Å². The summed E-state index contributed by atoms with van der Waals surface area (Å²) >= 11 is 5.73. The van der Waals surface area contributed by atoms with Gasteiger partial charge in [0.1, 0.15) is 5.75 Å². The van der Waals surface area contributed by atoms with Gasteiger partial charge in [0.05, 0.1) is 13.2 Å². The second kappa shape index (κ2) is 4.67. The zero-order chi connectivity index (χ0) is 9.80. The van der Waals surface area contributed by atoms with Crippen molar-refractivity contribution < 1.29 is 9.47 Å². The zero-order valence-corrected chi connectivity index (χ0v) is 8.59. The summed E-state index contributed by atoms with van der Waals surface area (Å²) in [7, 11) is 0. The van der Waals surface area contributed by atoms with Crippen molar-refractivity contribution in [3.05, 3.63) is 29.3 Å². The lowest BCUT2D eigenvalue weighted by Gasteiger charge is -2.09. The average molecular weight is 212 g/mol. The van der Waals surface area contributed by atoms with Gasteiger partial charge in [-0.25, -0.2) is 0 Å². The molecule has 1 aromatic carbocycles. The summed E-state index contributed by atoms with van der Waals surface area (Å²) in [4.78, 5) is 0. The first-order valence-electron chi connectivity index (χ1n) is 4.72. The normalized spacial score (nSPS) is 21.1. The van der Waals surface area contributed by atoms with E-state index in [1.54, 1.807) is 12.1 Å². The van der Waals surface area contributed by atoms with E-state index in [0.29, 0.717) is 17.5 Å². The maximum absolute atomic E-state index is 5.73. The van der Waals surface area contributed by atoms with E-state index in [4.69, 9.17) is 21.1 Å². The van der Waals surface area contributed by atoms with Crippen molar-refractivity contribution in [2.24, 2.45) is 5.92 Å². The van der Waals surface area contributed by atoms with Crippen molar-refractivity contribution in [1.29, 1.82) is 0 Å². The molecular formula is C11H12ClO2. The van der Waals surface area contributed by atoms with Crippen LogP contribution in [0.5, 0.6) is 5.75 Å². The van der Waals surface area contributed by atoms with Crippen LogP contribution in [0.15, 0.2) is 18.2 Å². The highest BCUT2D eigenvalue weighted by molar-refractivity contribution is 6.30. The molecule has 2 rings (SSSR count). The van der Waals surface area contributed by atoms with E-state index in [1.165, 1.54) is 0 Å². The largest absolute Gasteiger partial charge is 0.493 e. The molecule has 0 saturated carbocycles. The van der Waals surface area contributed by atoms with Crippen molar-refractivity contribution in [3.8, 4) is 5.75 Å². The molecule has 0 aliphatic carbocycles. The molecule has 0 amide bonds. The van der Waals surface area contributed by atoms with Crippen LogP contribution >= 0.6 is 11.6 Å². The highest BCUT2D eigenvalue weighted by Crippen LogP contribution is 2.17. The second-order valence-corrected chi connectivity index (χ2v) is 3.85. The Morgan fingerprint density at radius 1 is 1.57 bits per heavy atom. The predicted octanol–water partition coefficient (Wildman–Crippen LogP) is 2.56. The summed E-state index contributed by atoms with van der Waals surface area (Å²) in [6, 6.07) is 8.31. The molecule has 1 fully saturated rings. The van der Waals surface area contributed by atoms with Gasteiger partial charge in [-0.15, -0.1) is 0 Å². The van der Waals surface area contributed by atoms with Gasteiger partial charge >= 0.3 is 0 Å². The van der Waals surface area contributed by atoms with Crippen LogP contribution in [0.25, 0.3) is 0 Å². The summed E-state index contributed by atoms with van der Waals surface area (Å²) in [6.45, 7) is 2.38. The maximum atomic E-state index is 5.73. The van der Waals surface area contributed by atoms with Crippen molar-refractivity contribution in [3.63, 3.8) is 0 Å². The molecule has 1 unspecified atom stereocenters. The minimum atomic E-state index is 0.527. The predicted molar refractivity (Wildman–Crippen MR) is 54.7 cm³/mol. The van der Waals surface area contributed by atoms with Gasteiger partial charge < -0.3 is 9.47 Å². The van der Waals surface area contributed by atoms with E-state index in [9.17, 15) is 0 Å². The molecule has 0 spiro atoms. The Labute approximate surface area is 88.8 Å². The van der Waals surface area contributed by atoms with Gasteiger partial charge in [0.15, 0.2) is 0 Å². The third kappa shape index (κ3) is 2.63. The topological polar surface area (TPSA) is 18.5 Å². The molecule has 1 heterocycles. The number of hydrogen-bond acceptors (Lipinski definition) is 2. The number of benzene rings is 1. The molecule has 0 aromatic heterocycles. The molecule has 1 saturated heterocycles. The summed E-state index contributed by atoms with van der Waals surface area (Å²) in [5.41, 5.74) is 0. The molecule has 0 bridgehead atoms. The Balaban J connectivity index is 1.82. The monoisotopic (exact) mass is 211 g/mol. The maximum Gasteiger partial charge on any atom is 0.127 e. The molecule has 2 nitrogen and oxygen atoms in total. The third-order valence-electron chi connectivity index (χ3n) is 2.24. The minimum Gasteiger partial charge on any atom is -0.493 e. The van der Waals surface area contributed by atoms with E-state index in [0.717, 1.165) is 25.4 Å². The number of hydrogen-bond donors (Lipinski definition) is 0. The Hall–Kier alpha value is -0.730. The summed E-state index contributed by atoms with van der Waals surface area (Å²) in [5, 5.41) is 0.682. The smallest absolute Gasteiger partial charge is 0.127 e. The number of halogens is 1.